The zero-order chi connectivity index (χ0) is 14.3. The molecule has 0 aromatic heterocycles. The van der Waals surface area contributed by atoms with Gasteiger partial charge in [-0.05, 0) is 18.1 Å². The summed E-state index contributed by atoms with van der Waals surface area (Å²) in [6, 6.07) is 5.97. The number of nitro groups is 1. The van der Waals surface area contributed by atoms with Gasteiger partial charge in [-0.3, -0.25) is 10.1 Å². The Morgan fingerprint density at radius 3 is 2.74 bits per heavy atom. The minimum atomic E-state index is -0.564. The summed E-state index contributed by atoms with van der Waals surface area (Å²) in [4.78, 5) is 10.3. The topological polar surface area (TPSA) is 85.4 Å². The average Bonchev–Trinajstić information content (AvgIpc) is 2.38. The molecule has 19 heavy (non-hydrogen) atoms. The molecule has 0 radical (unpaired) electrons. The van der Waals surface area contributed by atoms with Gasteiger partial charge in [0.25, 0.3) is 0 Å². The van der Waals surface area contributed by atoms with Crippen molar-refractivity contribution in [3.05, 3.63) is 33.9 Å². The van der Waals surface area contributed by atoms with E-state index in [0.717, 1.165) is 0 Å². The zero-order valence-electron chi connectivity index (χ0n) is 11.0. The second kappa shape index (κ2) is 7.34. The Kier molecular flexibility index (Phi) is 5.76. The second-order valence-corrected chi connectivity index (χ2v) is 4.37. The lowest BCUT2D eigenvalue weighted by atomic mass is 10.2. The Hall–Kier alpha value is -2.13. The van der Waals surface area contributed by atoms with E-state index in [0.29, 0.717) is 19.1 Å². The summed E-state index contributed by atoms with van der Waals surface area (Å²) in [7, 11) is 0. The molecule has 0 saturated heterocycles. The van der Waals surface area contributed by atoms with Crippen molar-refractivity contribution in [3.8, 4) is 11.8 Å². The fourth-order valence-corrected chi connectivity index (χ4v) is 1.38. The molecule has 1 rings (SSSR count). The molecule has 0 aliphatic carbocycles. The van der Waals surface area contributed by atoms with Crippen LogP contribution in [0.2, 0.25) is 0 Å². The van der Waals surface area contributed by atoms with E-state index in [1.807, 2.05) is 19.9 Å². The largest absolute Gasteiger partial charge is 0.484 e. The van der Waals surface area contributed by atoms with E-state index < -0.39 is 4.92 Å². The lowest BCUT2D eigenvalue weighted by molar-refractivity contribution is -0.385. The molecule has 6 nitrogen and oxygen atoms in total. The normalized spacial score (nSPS) is 10.2. The van der Waals surface area contributed by atoms with Crippen LogP contribution in [0, 0.1) is 27.4 Å². The van der Waals surface area contributed by atoms with Gasteiger partial charge < -0.3 is 9.47 Å². The maximum Gasteiger partial charge on any atom is 0.312 e. The van der Waals surface area contributed by atoms with Crippen LogP contribution in [0.5, 0.6) is 5.75 Å². The van der Waals surface area contributed by atoms with Crippen LogP contribution in [-0.4, -0.2) is 24.7 Å². The molecular formula is C13H16N2O4. The molecule has 0 amide bonds. The molecule has 102 valence electrons. The number of ether oxygens (including phenoxy) is 2. The number of benzene rings is 1. The summed E-state index contributed by atoms with van der Waals surface area (Å²) in [5, 5.41) is 19.6. The lowest BCUT2D eigenvalue weighted by Gasteiger charge is -2.09. The quantitative estimate of drug-likeness (QED) is 0.429. The van der Waals surface area contributed by atoms with E-state index in [1.165, 1.54) is 18.2 Å². The lowest BCUT2D eigenvalue weighted by Crippen LogP contribution is -2.10. The Bertz CT molecular complexity index is 480. The summed E-state index contributed by atoms with van der Waals surface area (Å²) >= 11 is 0. The number of nitriles is 1. The van der Waals surface area contributed by atoms with Gasteiger partial charge in [0, 0.05) is 12.7 Å². The van der Waals surface area contributed by atoms with E-state index in [2.05, 4.69) is 0 Å². The summed E-state index contributed by atoms with van der Waals surface area (Å²) in [6.07, 6.45) is 0. The van der Waals surface area contributed by atoms with Crippen molar-refractivity contribution in [1.29, 1.82) is 5.26 Å². The van der Waals surface area contributed by atoms with Gasteiger partial charge in [0.15, 0.2) is 5.75 Å². The molecule has 0 heterocycles. The first-order chi connectivity index (χ1) is 9.04. The van der Waals surface area contributed by atoms with Crippen molar-refractivity contribution >= 4 is 5.69 Å². The van der Waals surface area contributed by atoms with Crippen molar-refractivity contribution in [2.75, 3.05) is 19.8 Å². The minimum absolute atomic E-state index is 0.150. The zero-order valence-corrected chi connectivity index (χ0v) is 11.0. The Morgan fingerprint density at radius 2 is 2.16 bits per heavy atom. The van der Waals surface area contributed by atoms with Crippen molar-refractivity contribution < 1.29 is 14.4 Å². The molecule has 0 N–H and O–H groups in total. The third-order valence-corrected chi connectivity index (χ3v) is 2.22. The van der Waals surface area contributed by atoms with E-state index >= 15 is 0 Å². The maximum absolute atomic E-state index is 10.9. The van der Waals surface area contributed by atoms with E-state index in [9.17, 15) is 10.1 Å². The SMILES string of the molecule is CC(C)COCCOc1ccc(C#N)cc1[N+](=O)[O-]. The first kappa shape index (κ1) is 14.9. The fraction of sp³-hybridized carbons (Fsp3) is 0.462. The first-order valence-electron chi connectivity index (χ1n) is 5.93. The highest BCUT2D eigenvalue weighted by molar-refractivity contribution is 5.51. The molecule has 0 aliphatic heterocycles. The van der Waals surface area contributed by atoms with Gasteiger partial charge >= 0.3 is 5.69 Å². The van der Waals surface area contributed by atoms with Gasteiger partial charge in [0.05, 0.1) is 23.2 Å². The van der Waals surface area contributed by atoms with E-state index in [1.54, 1.807) is 0 Å². The third-order valence-electron chi connectivity index (χ3n) is 2.22. The smallest absolute Gasteiger partial charge is 0.312 e. The summed E-state index contributed by atoms with van der Waals surface area (Å²) in [5.74, 6) is 0.585. The fourth-order valence-electron chi connectivity index (χ4n) is 1.38. The van der Waals surface area contributed by atoms with Crippen molar-refractivity contribution in [3.63, 3.8) is 0 Å². The van der Waals surface area contributed by atoms with Crippen molar-refractivity contribution in [1.82, 2.24) is 0 Å². The van der Waals surface area contributed by atoms with Crippen LogP contribution in [0.15, 0.2) is 18.2 Å². The number of hydrogen-bond donors (Lipinski definition) is 0. The highest BCUT2D eigenvalue weighted by Gasteiger charge is 2.15. The van der Waals surface area contributed by atoms with Gasteiger partial charge in [-0.2, -0.15) is 5.26 Å². The molecule has 0 aliphatic rings. The van der Waals surface area contributed by atoms with E-state index in [4.69, 9.17) is 14.7 Å². The number of hydrogen-bond acceptors (Lipinski definition) is 5. The number of rotatable bonds is 7. The Labute approximate surface area is 111 Å². The predicted octanol–water partition coefficient (Wildman–Crippen LogP) is 2.52. The molecule has 1 aromatic carbocycles. The van der Waals surface area contributed by atoms with Crippen LogP contribution in [0.1, 0.15) is 19.4 Å². The Balaban J connectivity index is 2.58. The molecule has 0 fully saturated rings. The van der Waals surface area contributed by atoms with Crippen LogP contribution >= 0.6 is 0 Å². The molecule has 0 atom stereocenters. The molecule has 0 bridgehead atoms. The van der Waals surface area contributed by atoms with Gasteiger partial charge in [-0.15, -0.1) is 0 Å². The highest BCUT2D eigenvalue weighted by Crippen LogP contribution is 2.27. The molecule has 0 unspecified atom stereocenters. The van der Waals surface area contributed by atoms with Crippen LogP contribution < -0.4 is 4.74 Å². The predicted molar refractivity (Wildman–Crippen MR) is 69.0 cm³/mol. The molecular weight excluding hydrogens is 248 g/mol. The van der Waals surface area contributed by atoms with Gasteiger partial charge in [-0.25, -0.2) is 0 Å². The monoisotopic (exact) mass is 264 g/mol. The molecule has 0 spiro atoms. The van der Waals surface area contributed by atoms with Crippen LogP contribution in [-0.2, 0) is 4.74 Å². The summed E-state index contributed by atoms with van der Waals surface area (Å²) < 4.78 is 10.6. The van der Waals surface area contributed by atoms with Gasteiger partial charge in [0.2, 0.25) is 0 Å². The molecule has 0 saturated carbocycles. The maximum atomic E-state index is 10.9. The van der Waals surface area contributed by atoms with Crippen LogP contribution in [0.4, 0.5) is 5.69 Å². The van der Waals surface area contributed by atoms with Gasteiger partial charge in [-0.1, -0.05) is 13.8 Å². The van der Waals surface area contributed by atoms with Crippen LogP contribution in [0.3, 0.4) is 0 Å². The third kappa shape index (κ3) is 4.94. The van der Waals surface area contributed by atoms with Crippen LogP contribution in [0.25, 0.3) is 0 Å². The van der Waals surface area contributed by atoms with E-state index in [-0.39, 0.29) is 23.6 Å². The molecule has 1 aromatic rings. The average molecular weight is 264 g/mol. The second-order valence-electron chi connectivity index (χ2n) is 4.37. The highest BCUT2D eigenvalue weighted by atomic mass is 16.6. The molecule has 6 heteroatoms. The Morgan fingerprint density at radius 1 is 1.42 bits per heavy atom. The summed E-state index contributed by atoms with van der Waals surface area (Å²) in [6.45, 7) is 5.30. The van der Waals surface area contributed by atoms with Crippen molar-refractivity contribution in [2.45, 2.75) is 13.8 Å². The standard InChI is InChI=1S/C13H16N2O4/c1-10(2)9-18-5-6-19-13-4-3-11(8-14)7-12(13)15(16)17/h3-4,7,10H,5-6,9H2,1-2H3. The minimum Gasteiger partial charge on any atom is -0.484 e. The summed E-state index contributed by atoms with van der Waals surface area (Å²) in [5.41, 5.74) is 0.0259. The van der Waals surface area contributed by atoms with Crippen molar-refractivity contribution in [2.24, 2.45) is 5.92 Å². The number of nitro benzene ring substituents is 1. The first-order valence-corrected chi connectivity index (χ1v) is 5.93. The number of nitrogens with zero attached hydrogens (tertiary/aromatic N) is 2. The van der Waals surface area contributed by atoms with Gasteiger partial charge in [0.1, 0.15) is 6.61 Å².